The third-order valence-corrected chi connectivity index (χ3v) is 10.8. The Hall–Kier alpha value is -0.670. The van der Waals surface area contributed by atoms with Crippen LogP contribution in [0.1, 0.15) is 83.5 Å². The van der Waals surface area contributed by atoms with Crippen molar-refractivity contribution in [2.45, 2.75) is 136 Å². The van der Waals surface area contributed by atoms with Crippen LogP contribution in [0.3, 0.4) is 0 Å². The number of piperidine rings is 1. The van der Waals surface area contributed by atoms with Gasteiger partial charge >= 0.3 is 0 Å². The van der Waals surface area contributed by atoms with Crippen LogP contribution in [-0.4, -0.2) is 75.8 Å². The van der Waals surface area contributed by atoms with E-state index in [4.69, 9.17) is 27.9 Å². The van der Waals surface area contributed by atoms with Gasteiger partial charge in [0.1, 0.15) is 12.8 Å². The maximum atomic E-state index is 13.7. The van der Waals surface area contributed by atoms with Crippen LogP contribution < -0.4 is 16.0 Å². The number of hydrogen-bond donors (Lipinski definition) is 4. The molecule has 8 atom stereocenters. The van der Waals surface area contributed by atoms with Crippen LogP contribution in [0, 0.1) is 5.92 Å². The van der Waals surface area contributed by atoms with Crippen molar-refractivity contribution in [2.75, 3.05) is 6.61 Å². The zero-order valence-electron chi connectivity index (χ0n) is 20.8. The highest BCUT2D eigenvalue weighted by atomic mass is 35.5. The van der Waals surface area contributed by atoms with Crippen LogP contribution in [0.2, 0.25) is 0 Å². The molecule has 0 spiro atoms. The molecule has 0 aromatic rings. The first kappa shape index (κ1) is 26.9. The molecule has 4 N–H and O–H groups in total. The molecule has 6 rings (SSSR count). The second-order valence-corrected chi connectivity index (χ2v) is 13.2. The van der Waals surface area contributed by atoms with Gasteiger partial charge in [0.15, 0.2) is 0 Å². The lowest BCUT2D eigenvalue weighted by molar-refractivity contribution is -0.140. The smallest absolute Gasteiger partial charge is 0.246 e. The molecule has 6 aliphatic rings. The molecule has 1 heterocycles. The second-order valence-electron chi connectivity index (χ2n) is 12.0. The molecular formula is C26H40Cl2FN3O4. The van der Waals surface area contributed by atoms with Crippen molar-refractivity contribution in [2.24, 2.45) is 5.92 Å². The average molecular weight is 549 g/mol. The molecule has 5 aliphatic carbocycles. The first-order valence-corrected chi connectivity index (χ1v) is 14.7. The molecule has 2 bridgehead atoms. The van der Waals surface area contributed by atoms with Gasteiger partial charge in [-0.15, -0.1) is 23.2 Å². The molecule has 10 heteroatoms. The lowest BCUT2D eigenvalue weighted by atomic mass is 9.59. The Balaban J connectivity index is 1.10. The molecule has 1 aliphatic heterocycles. The number of fused-ring (bicyclic) bond motifs is 4. The lowest BCUT2D eigenvalue weighted by Crippen LogP contribution is -2.71. The number of halogens is 3. The van der Waals surface area contributed by atoms with Gasteiger partial charge in [-0.1, -0.05) is 0 Å². The zero-order valence-corrected chi connectivity index (χ0v) is 22.3. The summed E-state index contributed by atoms with van der Waals surface area (Å²) >= 11 is 12.4. The minimum Gasteiger partial charge on any atom is -0.391 e. The van der Waals surface area contributed by atoms with E-state index < -0.39 is 23.4 Å². The van der Waals surface area contributed by atoms with E-state index in [1.54, 1.807) is 0 Å². The number of rotatable bonds is 6. The van der Waals surface area contributed by atoms with Gasteiger partial charge in [-0.25, -0.2) is 4.39 Å². The van der Waals surface area contributed by atoms with Crippen LogP contribution in [0.15, 0.2) is 0 Å². The molecule has 5 saturated carbocycles. The number of alkyl halides is 3. The van der Waals surface area contributed by atoms with Crippen LogP contribution in [-0.2, 0) is 14.3 Å². The first-order valence-electron chi connectivity index (χ1n) is 13.8. The van der Waals surface area contributed by atoms with Gasteiger partial charge in [-0.3, -0.25) is 9.59 Å². The van der Waals surface area contributed by atoms with Crippen molar-refractivity contribution in [3.63, 3.8) is 0 Å². The van der Waals surface area contributed by atoms with Gasteiger partial charge in [0.2, 0.25) is 11.8 Å². The topological polar surface area (TPSA) is 99.7 Å². The molecule has 204 valence electrons. The minimum atomic E-state index is -0.730. The summed E-state index contributed by atoms with van der Waals surface area (Å²) in [6.45, 7) is -0.0593. The quantitative estimate of drug-likeness (QED) is 0.383. The van der Waals surface area contributed by atoms with Crippen molar-refractivity contribution < 1.29 is 23.8 Å². The molecule has 7 unspecified atom stereocenters. The summed E-state index contributed by atoms with van der Waals surface area (Å²) < 4.78 is 19.6. The number of ether oxygens (including phenoxy) is 1. The third kappa shape index (κ3) is 5.68. The molecule has 36 heavy (non-hydrogen) atoms. The normalized spacial score (nSPS) is 46.6. The van der Waals surface area contributed by atoms with E-state index in [1.807, 2.05) is 0 Å². The highest BCUT2D eigenvalue weighted by molar-refractivity contribution is 6.30. The van der Waals surface area contributed by atoms with Gasteiger partial charge in [0.05, 0.1) is 34.5 Å². The molecule has 7 nitrogen and oxygen atoms in total. The Morgan fingerprint density at radius 1 is 0.972 bits per heavy atom. The Labute approximate surface area is 222 Å². The van der Waals surface area contributed by atoms with Crippen LogP contribution in [0.25, 0.3) is 0 Å². The van der Waals surface area contributed by atoms with E-state index in [1.165, 1.54) is 0 Å². The monoisotopic (exact) mass is 547 g/mol. The number of aliphatic hydroxyl groups excluding tert-OH is 1. The Bertz CT molecular complexity index is 827. The Morgan fingerprint density at radius 2 is 1.75 bits per heavy atom. The number of hydrogen-bond acceptors (Lipinski definition) is 5. The molecule has 0 aromatic carbocycles. The first-order chi connectivity index (χ1) is 17.2. The second kappa shape index (κ2) is 10.8. The van der Waals surface area contributed by atoms with Gasteiger partial charge in [0.25, 0.3) is 0 Å². The van der Waals surface area contributed by atoms with E-state index in [2.05, 4.69) is 16.0 Å². The van der Waals surface area contributed by atoms with Crippen molar-refractivity contribution in [3.05, 3.63) is 0 Å². The fourth-order valence-electron chi connectivity index (χ4n) is 7.39. The van der Waals surface area contributed by atoms with Crippen molar-refractivity contribution in [3.8, 4) is 0 Å². The van der Waals surface area contributed by atoms with E-state index >= 15 is 0 Å². The third-order valence-electron chi connectivity index (χ3n) is 9.67. The summed E-state index contributed by atoms with van der Waals surface area (Å²) in [7, 11) is 0. The predicted octanol–water partition coefficient (Wildman–Crippen LogP) is 3.08. The highest BCUT2D eigenvalue weighted by Gasteiger charge is 2.55. The number of aliphatic hydroxyl groups is 1. The average Bonchev–Trinajstić information content (AvgIpc) is 2.85. The molecule has 2 amide bonds. The summed E-state index contributed by atoms with van der Waals surface area (Å²) in [4.78, 5) is 25.9. The lowest BCUT2D eigenvalue weighted by Gasteiger charge is -2.56. The number of amides is 2. The van der Waals surface area contributed by atoms with Gasteiger partial charge in [-0.05, 0) is 89.4 Å². The predicted molar refractivity (Wildman–Crippen MR) is 136 cm³/mol. The Kier molecular flexibility index (Phi) is 8.10. The van der Waals surface area contributed by atoms with Crippen molar-refractivity contribution in [1.82, 2.24) is 16.0 Å². The zero-order chi connectivity index (χ0) is 25.5. The fraction of sp³-hybridized carbons (Fsp3) is 0.923. The van der Waals surface area contributed by atoms with Crippen molar-refractivity contribution in [1.29, 1.82) is 0 Å². The van der Waals surface area contributed by atoms with Crippen LogP contribution >= 0.6 is 23.2 Å². The maximum Gasteiger partial charge on any atom is 0.246 e. The molecule has 1 saturated heterocycles. The van der Waals surface area contributed by atoms with E-state index in [0.29, 0.717) is 57.3 Å². The number of carbonyl (C=O) groups is 2. The van der Waals surface area contributed by atoms with Crippen LogP contribution in [0.5, 0.6) is 0 Å². The summed E-state index contributed by atoms with van der Waals surface area (Å²) in [6, 6.07) is -0.0477. The summed E-state index contributed by atoms with van der Waals surface area (Å²) in [5.74, 6) is 0.0803. The van der Waals surface area contributed by atoms with Gasteiger partial charge in [0, 0.05) is 11.6 Å². The molecule has 6 fully saturated rings. The van der Waals surface area contributed by atoms with E-state index in [9.17, 15) is 19.1 Å². The van der Waals surface area contributed by atoms with Gasteiger partial charge in [-0.2, -0.15) is 0 Å². The summed E-state index contributed by atoms with van der Waals surface area (Å²) in [5.41, 5.74) is -1.11. The largest absolute Gasteiger partial charge is 0.391 e. The van der Waals surface area contributed by atoms with Crippen LogP contribution in [0.4, 0.5) is 4.39 Å². The van der Waals surface area contributed by atoms with E-state index in [0.717, 1.165) is 32.1 Å². The number of nitrogens with one attached hydrogen (secondary N) is 3. The minimum absolute atomic E-state index is 0.0147. The standard InChI is InChI=1S/C26H40Cl2FN3O4/c27-18-4-3-17(12-19(18)28)36-14-23(34)31-26-9-7-25(8-10-26,13-22(26)33)32-24(35)21-5-1-15-11-16(29)2-6-20(15)30-21/h15-22,30,33H,1-14H2,(H,31,34)(H,32,35)/t15?,16?,17?,18?,19?,20?,21?,22-,25?,26?/m0/s1. The van der Waals surface area contributed by atoms with Gasteiger partial charge < -0.3 is 25.8 Å². The SMILES string of the molecule is O=C(COC1CCC(Cl)C(Cl)C1)NC12CCC(NC(=O)C3CCC4CC(F)CCC4N3)(CC1)C[C@@H]2O. The van der Waals surface area contributed by atoms with E-state index in [-0.39, 0.29) is 47.4 Å². The number of carbonyl (C=O) groups excluding carboxylic acids is 2. The summed E-state index contributed by atoms with van der Waals surface area (Å²) in [6.07, 6.45) is 7.30. The van der Waals surface area contributed by atoms with Crippen molar-refractivity contribution >= 4 is 35.0 Å². The Morgan fingerprint density at radius 3 is 2.47 bits per heavy atom. The highest BCUT2D eigenvalue weighted by Crippen LogP contribution is 2.47. The molecule has 0 radical (unpaired) electrons. The fourth-order valence-corrected chi connectivity index (χ4v) is 7.94. The molecular weight excluding hydrogens is 508 g/mol. The molecule has 0 aromatic heterocycles. The summed E-state index contributed by atoms with van der Waals surface area (Å²) in [5, 5.41) is 20.7. The maximum absolute atomic E-state index is 13.7.